The number of rotatable bonds is 4. The number of carbonyl (C=O) groups is 1. The van der Waals surface area contributed by atoms with Crippen molar-refractivity contribution in [1.82, 2.24) is 20.0 Å². The highest BCUT2D eigenvalue weighted by Gasteiger charge is 2.27. The third-order valence-corrected chi connectivity index (χ3v) is 6.62. The molecule has 9 heteroatoms. The van der Waals surface area contributed by atoms with E-state index in [4.69, 9.17) is 0 Å². The molecule has 3 aromatic rings. The molecule has 0 bridgehead atoms. The molecule has 1 aliphatic rings. The number of nitrogens with one attached hydrogen (secondary N) is 1. The lowest BCUT2D eigenvalue weighted by atomic mass is 9.89. The number of fused-ring (bicyclic) bond motifs is 3. The fourth-order valence-electron chi connectivity index (χ4n) is 3.42. The first kappa shape index (κ1) is 17.3. The van der Waals surface area contributed by atoms with Crippen LogP contribution in [-0.4, -0.2) is 25.9 Å². The van der Waals surface area contributed by atoms with Gasteiger partial charge in [0.2, 0.25) is 0 Å². The summed E-state index contributed by atoms with van der Waals surface area (Å²) in [6.07, 6.45) is 5.01. The molecule has 136 valence electrons. The highest BCUT2D eigenvalue weighted by Crippen LogP contribution is 2.35. The molecule has 0 radical (unpaired) electrons. The van der Waals surface area contributed by atoms with Crippen LogP contribution in [0.5, 0.6) is 0 Å². The van der Waals surface area contributed by atoms with Crippen LogP contribution >= 0.6 is 22.7 Å². The van der Waals surface area contributed by atoms with E-state index in [1.807, 2.05) is 6.92 Å². The van der Waals surface area contributed by atoms with Crippen molar-refractivity contribution >= 4 is 43.9 Å². The van der Waals surface area contributed by atoms with Crippen molar-refractivity contribution in [3.63, 3.8) is 0 Å². The second-order valence-electron chi connectivity index (χ2n) is 6.62. The number of hydrogen-bond acceptors (Lipinski definition) is 7. The first-order valence-corrected chi connectivity index (χ1v) is 10.4. The Kier molecular flexibility index (Phi) is 4.58. The van der Waals surface area contributed by atoms with Gasteiger partial charge in [-0.2, -0.15) is 4.68 Å². The van der Waals surface area contributed by atoms with Gasteiger partial charge >= 0.3 is 0 Å². The Bertz CT molecular complexity index is 1010. The smallest absolute Gasteiger partial charge is 0.279 e. The van der Waals surface area contributed by atoms with Gasteiger partial charge in [0.05, 0.1) is 5.39 Å². The molecular weight excluding hydrogens is 370 g/mol. The van der Waals surface area contributed by atoms with Crippen LogP contribution in [0.25, 0.3) is 10.2 Å². The third-order valence-electron chi connectivity index (χ3n) is 4.79. The molecule has 0 saturated carbocycles. The molecule has 1 aliphatic carbocycles. The van der Waals surface area contributed by atoms with E-state index in [1.54, 1.807) is 22.9 Å². The maximum atomic E-state index is 13.1. The molecule has 4 rings (SSSR count). The van der Waals surface area contributed by atoms with Gasteiger partial charge in [-0.05, 0) is 37.2 Å². The maximum absolute atomic E-state index is 13.1. The van der Waals surface area contributed by atoms with E-state index in [1.165, 1.54) is 20.9 Å². The second-order valence-corrected chi connectivity index (χ2v) is 8.60. The van der Waals surface area contributed by atoms with E-state index in [0.29, 0.717) is 27.7 Å². The first-order chi connectivity index (χ1) is 12.6. The third kappa shape index (κ3) is 2.95. The summed E-state index contributed by atoms with van der Waals surface area (Å²) in [5, 5.41) is 14.0. The Morgan fingerprint density at radius 1 is 1.50 bits per heavy atom. The monoisotopic (exact) mass is 389 g/mol. The summed E-state index contributed by atoms with van der Waals surface area (Å²) in [5.41, 5.74) is 0.884. The molecule has 26 heavy (non-hydrogen) atoms. The number of thiophene rings is 1. The minimum Gasteiger partial charge on any atom is -0.300 e. The Labute approximate surface area is 158 Å². The normalized spacial score (nSPS) is 17.8. The van der Waals surface area contributed by atoms with E-state index >= 15 is 0 Å². The van der Waals surface area contributed by atoms with Crippen molar-refractivity contribution in [3.05, 3.63) is 32.4 Å². The zero-order chi connectivity index (χ0) is 18.3. The van der Waals surface area contributed by atoms with Crippen molar-refractivity contribution < 1.29 is 4.79 Å². The molecule has 3 heterocycles. The Hall–Kier alpha value is -2.13. The summed E-state index contributed by atoms with van der Waals surface area (Å²) in [5.74, 6) is 0.328. The van der Waals surface area contributed by atoms with Crippen molar-refractivity contribution in [1.29, 1.82) is 0 Å². The van der Waals surface area contributed by atoms with E-state index in [2.05, 4.69) is 27.5 Å². The standard InChI is InChI=1S/C17H19N5O2S2/c1-3-11(14(23)19-17-18-6-7-25-17)22-16(24)13-10-5-4-9(2)8-12(10)26-15(13)20-21-22/h6-7,9,11H,3-5,8H2,1-2H3,(H,18,19,23). The van der Waals surface area contributed by atoms with Crippen molar-refractivity contribution in [2.45, 2.75) is 45.6 Å². The van der Waals surface area contributed by atoms with Gasteiger partial charge in [0.1, 0.15) is 6.04 Å². The summed E-state index contributed by atoms with van der Waals surface area (Å²) in [7, 11) is 0. The van der Waals surface area contributed by atoms with Gasteiger partial charge in [0.25, 0.3) is 11.5 Å². The highest BCUT2D eigenvalue weighted by molar-refractivity contribution is 7.18. The summed E-state index contributed by atoms with van der Waals surface area (Å²) in [4.78, 5) is 31.7. The minimum absolute atomic E-state index is 0.219. The topological polar surface area (TPSA) is 89.8 Å². The molecule has 1 amide bonds. The van der Waals surface area contributed by atoms with Gasteiger partial charge in [0, 0.05) is 16.5 Å². The molecule has 0 fully saturated rings. The average molecular weight is 390 g/mol. The van der Waals surface area contributed by atoms with E-state index in [0.717, 1.165) is 24.8 Å². The van der Waals surface area contributed by atoms with Crippen LogP contribution in [0, 0.1) is 5.92 Å². The largest absolute Gasteiger partial charge is 0.300 e. The zero-order valence-electron chi connectivity index (χ0n) is 14.6. The van der Waals surface area contributed by atoms with E-state index < -0.39 is 6.04 Å². The number of nitrogens with zero attached hydrogens (tertiary/aromatic N) is 4. The van der Waals surface area contributed by atoms with Crippen molar-refractivity contribution in [2.75, 3.05) is 5.32 Å². The van der Waals surface area contributed by atoms with Crippen LogP contribution in [0.3, 0.4) is 0 Å². The number of amides is 1. The quantitative estimate of drug-likeness (QED) is 0.741. The van der Waals surface area contributed by atoms with Gasteiger partial charge in [-0.3, -0.25) is 9.59 Å². The predicted molar refractivity (Wildman–Crippen MR) is 103 cm³/mol. The summed E-state index contributed by atoms with van der Waals surface area (Å²) >= 11 is 2.90. The number of aromatic nitrogens is 4. The summed E-state index contributed by atoms with van der Waals surface area (Å²) in [6, 6.07) is -0.707. The molecule has 0 saturated heterocycles. The van der Waals surface area contributed by atoms with Gasteiger partial charge in [0.15, 0.2) is 9.96 Å². The number of thiazole rings is 1. The number of anilines is 1. The SMILES string of the molecule is CCC(C(=O)Nc1nccs1)n1nnc2sc3c(c2c1=O)CCC(C)C3. The van der Waals surface area contributed by atoms with Crippen LogP contribution < -0.4 is 10.9 Å². The number of hydrogen-bond donors (Lipinski definition) is 1. The Morgan fingerprint density at radius 2 is 2.35 bits per heavy atom. The molecule has 1 N–H and O–H groups in total. The lowest BCUT2D eigenvalue weighted by Crippen LogP contribution is -2.35. The fraction of sp³-hybridized carbons (Fsp3) is 0.471. The molecule has 0 spiro atoms. The zero-order valence-corrected chi connectivity index (χ0v) is 16.2. The minimum atomic E-state index is -0.707. The van der Waals surface area contributed by atoms with Crippen LogP contribution in [0.2, 0.25) is 0 Å². The van der Waals surface area contributed by atoms with Crippen LogP contribution in [0.4, 0.5) is 5.13 Å². The lowest BCUT2D eigenvalue weighted by molar-refractivity contribution is -0.119. The van der Waals surface area contributed by atoms with E-state index in [9.17, 15) is 9.59 Å². The number of carbonyl (C=O) groups excluding carboxylic acids is 1. The maximum Gasteiger partial charge on any atom is 0.279 e. The number of aryl methyl sites for hydroxylation is 1. The summed E-state index contributed by atoms with van der Waals surface area (Å²) in [6.45, 7) is 4.09. The fourth-order valence-corrected chi connectivity index (χ4v) is 5.27. The van der Waals surface area contributed by atoms with Crippen molar-refractivity contribution in [2.24, 2.45) is 5.92 Å². The molecule has 0 aliphatic heterocycles. The van der Waals surface area contributed by atoms with Crippen LogP contribution in [0.1, 0.15) is 43.2 Å². The van der Waals surface area contributed by atoms with Gasteiger partial charge in [-0.1, -0.05) is 19.1 Å². The molecule has 7 nitrogen and oxygen atoms in total. The molecule has 3 aromatic heterocycles. The van der Waals surface area contributed by atoms with E-state index in [-0.39, 0.29) is 11.5 Å². The second kappa shape index (κ2) is 6.88. The average Bonchev–Trinajstić information content (AvgIpc) is 3.24. The van der Waals surface area contributed by atoms with Gasteiger partial charge < -0.3 is 5.32 Å². The Morgan fingerprint density at radius 3 is 3.08 bits per heavy atom. The highest BCUT2D eigenvalue weighted by atomic mass is 32.1. The Balaban J connectivity index is 1.74. The van der Waals surface area contributed by atoms with Gasteiger partial charge in [-0.15, -0.1) is 27.8 Å². The van der Waals surface area contributed by atoms with Gasteiger partial charge in [-0.25, -0.2) is 4.98 Å². The molecule has 0 aromatic carbocycles. The molecular formula is C17H19N5O2S2. The lowest BCUT2D eigenvalue weighted by Gasteiger charge is -2.18. The molecule has 2 atom stereocenters. The van der Waals surface area contributed by atoms with Crippen LogP contribution in [0.15, 0.2) is 16.4 Å². The predicted octanol–water partition coefficient (Wildman–Crippen LogP) is 3.02. The van der Waals surface area contributed by atoms with Crippen LogP contribution in [-0.2, 0) is 17.6 Å². The summed E-state index contributed by atoms with van der Waals surface area (Å²) < 4.78 is 1.23. The molecule has 2 unspecified atom stereocenters. The van der Waals surface area contributed by atoms with Crippen molar-refractivity contribution in [3.8, 4) is 0 Å². The first-order valence-electron chi connectivity index (χ1n) is 8.68.